The van der Waals surface area contributed by atoms with E-state index in [0.29, 0.717) is 25.8 Å². The van der Waals surface area contributed by atoms with Gasteiger partial charge >= 0.3 is 12.2 Å². The van der Waals surface area contributed by atoms with E-state index < -0.39 is 23.8 Å². The summed E-state index contributed by atoms with van der Waals surface area (Å²) in [6, 6.07) is 8.59. The average molecular weight is 453 g/mol. The van der Waals surface area contributed by atoms with E-state index in [1.807, 2.05) is 51.1 Å². The van der Waals surface area contributed by atoms with Crippen LogP contribution in [0.1, 0.15) is 45.6 Å². The molecule has 0 spiro atoms. The summed E-state index contributed by atoms with van der Waals surface area (Å²) < 4.78 is 21.6. The maximum Gasteiger partial charge on any atom is 0.410 e. The summed E-state index contributed by atoms with van der Waals surface area (Å²) in [6.45, 7) is 5.99. The molecule has 1 aromatic rings. The van der Waals surface area contributed by atoms with Gasteiger partial charge < -0.3 is 34.3 Å². The van der Waals surface area contributed by atoms with E-state index in [4.69, 9.17) is 18.9 Å². The fourth-order valence-corrected chi connectivity index (χ4v) is 3.58. The molecule has 0 aliphatic carbocycles. The molecule has 9 nitrogen and oxygen atoms in total. The van der Waals surface area contributed by atoms with Crippen LogP contribution in [0.4, 0.5) is 9.59 Å². The van der Waals surface area contributed by atoms with Crippen LogP contribution in [-0.2, 0) is 25.6 Å². The van der Waals surface area contributed by atoms with Crippen molar-refractivity contribution in [3.05, 3.63) is 35.9 Å². The number of aliphatic hydroxyl groups is 1. The number of methoxy groups -OCH3 is 1. The molecule has 3 atom stereocenters. The Kier molecular flexibility index (Phi) is 10.2. The second-order valence-corrected chi connectivity index (χ2v) is 8.80. The van der Waals surface area contributed by atoms with Crippen LogP contribution in [0.5, 0.6) is 0 Å². The molecule has 1 aliphatic heterocycles. The van der Waals surface area contributed by atoms with Gasteiger partial charge in [0, 0.05) is 13.7 Å². The molecule has 180 valence electrons. The first kappa shape index (κ1) is 25.9. The number of nitrogens with zero attached hydrogens (tertiary/aromatic N) is 1. The van der Waals surface area contributed by atoms with E-state index in [1.165, 1.54) is 0 Å². The molecule has 32 heavy (non-hydrogen) atoms. The van der Waals surface area contributed by atoms with Crippen LogP contribution in [-0.4, -0.2) is 73.0 Å². The fraction of sp³-hybridized carbons (Fsp3) is 0.652. The van der Waals surface area contributed by atoms with E-state index in [0.717, 1.165) is 5.56 Å². The van der Waals surface area contributed by atoms with E-state index in [-0.39, 0.29) is 32.2 Å². The highest BCUT2D eigenvalue weighted by molar-refractivity contribution is 5.69. The predicted molar refractivity (Wildman–Crippen MR) is 118 cm³/mol. The van der Waals surface area contributed by atoms with Gasteiger partial charge in [0.1, 0.15) is 19.0 Å². The lowest BCUT2D eigenvalue weighted by atomic mass is 10.0. The Morgan fingerprint density at radius 3 is 2.59 bits per heavy atom. The van der Waals surface area contributed by atoms with Gasteiger partial charge in [-0.2, -0.15) is 0 Å². The van der Waals surface area contributed by atoms with Gasteiger partial charge in [-0.1, -0.05) is 30.3 Å². The van der Waals surface area contributed by atoms with Crippen LogP contribution in [0.25, 0.3) is 0 Å². The summed E-state index contributed by atoms with van der Waals surface area (Å²) >= 11 is 0. The summed E-state index contributed by atoms with van der Waals surface area (Å²) in [4.78, 5) is 26.5. The molecular formula is C23H36N2O7. The van der Waals surface area contributed by atoms with Crippen LogP contribution in [0.2, 0.25) is 0 Å². The van der Waals surface area contributed by atoms with Crippen molar-refractivity contribution in [3.63, 3.8) is 0 Å². The Hall–Kier alpha value is -2.36. The molecule has 0 aromatic heterocycles. The fourth-order valence-electron chi connectivity index (χ4n) is 3.58. The number of alkyl carbamates (subject to hydrolysis) is 1. The summed E-state index contributed by atoms with van der Waals surface area (Å²) in [5.74, 6) is 0. The highest BCUT2D eigenvalue weighted by atomic mass is 16.7. The largest absolute Gasteiger partial charge is 0.445 e. The molecule has 1 aliphatic rings. The smallest absolute Gasteiger partial charge is 0.410 e. The van der Waals surface area contributed by atoms with Crippen LogP contribution in [0, 0.1) is 0 Å². The van der Waals surface area contributed by atoms with Crippen molar-refractivity contribution in [1.82, 2.24) is 10.2 Å². The Bertz CT molecular complexity index is 708. The number of nitrogens with one attached hydrogen (secondary N) is 1. The van der Waals surface area contributed by atoms with Crippen molar-refractivity contribution >= 4 is 12.2 Å². The lowest BCUT2D eigenvalue weighted by molar-refractivity contribution is -0.0828. The number of benzene rings is 1. The first-order valence-corrected chi connectivity index (χ1v) is 10.9. The molecule has 1 fully saturated rings. The van der Waals surface area contributed by atoms with Gasteiger partial charge in [-0.15, -0.1) is 0 Å². The number of carbonyl (C=O) groups excluding carboxylic acids is 2. The van der Waals surface area contributed by atoms with Crippen LogP contribution < -0.4 is 5.32 Å². The van der Waals surface area contributed by atoms with E-state index in [1.54, 1.807) is 12.0 Å². The van der Waals surface area contributed by atoms with Crippen molar-refractivity contribution in [2.45, 2.75) is 70.4 Å². The molecule has 1 saturated heterocycles. The molecule has 0 saturated carbocycles. The van der Waals surface area contributed by atoms with Gasteiger partial charge in [0.15, 0.2) is 0 Å². The third-order valence-electron chi connectivity index (χ3n) is 5.08. The maximum absolute atomic E-state index is 12.7. The highest BCUT2D eigenvalue weighted by Gasteiger charge is 2.39. The Morgan fingerprint density at radius 2 is 1.97 bits per heavy atom. The molecule has 2 rings (SSSR count). The second-order valence-electron chi connectivity index (χ2n) is 8.80. The number of amides is 2. The maximum atomic E-state index is 12.7. The lowest BCUT2D eigenvalue weighted by Gasteiger charge is -2.31. The average Bonchev–Trinajstić information content (AvgIpc) is 3.16. The van der Waals surface area contributed by atoms with Gasteiger partial charge in [-0.25, -0.2) is 9.59 Å². The van der Waals surface area contributed by atoms with Crippen molar-refractivity contribution < 1.29 is 33.6 Å². The third kappa shape index (κ3) is 8.64. The molecule has 1 aromatic carbocycles. The molecule has 1 heterocycles. The first-order chi connectivity index (χ1) is 15.2. The van der Waals surface area contributed by atoms with Gasteiger partial charge in [0.05, 0.1) is 24.8 Å². The summed E-state index contributed by atoms with van der Waals surface area (Å²) in [7, 11) is 1.54. The van der Waals surface area contributed by atoms with Crippen LogP contribution >= 0.6 is 0 Å². The van der Waals surface area contributed by atoms with Gasteiger partial charge in [-0.05, 0) is 45.6 Å². The number of rotatable bonds is 10. The number of carbonyl (C=O) groups is 2. The monoisotopic (exact) mass is 452 g/mol. The Morgan fingerprint density at radius 1 is 1.25 bits per heavy atom. The number of ether oxygens (including phenoxy) is 4. The topological polar surface area (TPSA) is 107 Å². The van der Waals surface area contributed by atoms with Crippen LogP contribution in [0.3, 0.4) is 0 Å². The van der Waals surface area contributed by atoms with Gasteiger partial charge in [0.2, 0.25) is 0 Å². The SMILES string of the molecule is COCO[C@H]1CCN(C(=O)OC(C)(C)C)[C@H]1CC[C@@H](CO)NC(=O)OCc1ccccc1. The van der Waals surface area contributed by atoms with Crippen molar-refractivity contribution in [2.75, 3.05) is 27.1 Å². The Balaban J connectivity index is 1.91. The number of hydrogen-bond acceptors (Lipinski definition) is 7. The normalized spacial score (nSPS) is 19.5. The number of likely N-dealkylation sites (tertiary alicyclic amines) is 1. The second kappa shape index (κ2) is 12.6. The predicted octanol–water partition coefficient (Wildman–Crippen LogP) is 3.05. The summed E-state index contributed by atoms with van der Waals surface area (Å²) in [5, 5.41) is 12.4. The molecular weight excluding hydrogens is 416 g/mol. The van der Waals surface area contributed by atoms with E-state index >= 15 is 0 Å². The zero-order valence-corrected chi connectivity index (χ0v) is 19.4. The molecule has 2 amide bonds. The minimum absolute atomic E-state index is 0.122. The highest BCUT2D eigenvalue weighted by Crippen LogP contribution is 2.27. The summed E-state index contributed by atoms with van der Waals surface area (Å²) in [5.41, 5.74) is 0.269. The zero-order chi connectivity index (χ0) is 23.6. The minimum atomic E-state index is -0.606. The van der Waals surface area contributed by atoms with Crippen molar-refractivity contribution in [2.24, 2.45) is 0 Å². The third-order valence-corrected chi connectivity index (χ3v) is 5.08. The Labute approximate surface area is 190 Å². The summed E-state index contributed by atoms with van der Waals surface area (Å²) in [6.07, 6.45) is 0.388. The standard InChI is InChI=1S/C23H36N2O7/c1-23(2,3)32-22(28)25-13-12-20(31-16-29-4)19(25)11-10-18(14-26)24-21(27)30-15-17-8-6-5-7-9-17/h5-9,18-20,26H,10-16H2,1-4H3,(H,24,27)/t18-,19-,20-/m0/s1. The van der Waals surface area contributed by atoms with E-state index in [9.17, 15) is 14.7 Å². The van der Waals surface area contributed by atoms with Crippen molar-refractivity contribution in [3.8, 4) is 0 Å². The minimum Gasteiger partial charge on any atom is -0.445 e. The first-order valence-electron chi connectivity index (χ1n) is 10.9. The van der Waals surface area contributed by atoms with Crippen molar-refractivity contribution in [1.29, 1.82) is 0 Å². The van der Waals surface area contributed by atoms with Crippen LogP contribution in [0.15, 0.2) is 30.3 Å². The van der Waals surface area contributed by atoms with E-state index in [2.05, 4.69) is 5.32 Å². The molecule has 0 bridgehead atoms. The zero-order valence-electron chi connectivity index (χ0n) is 19.4. The van der Waals surface area contributed by atoms with Gasteiger partial charge in [-0.3, -0.25) is 0 Å². The molecule has 0 unspecified atom stereocenters. The molecule has 2 N–H and O–H groups in total. The quantitative estimate of drug-likeness (QED) is 0.526. The number of aliphatic hydroxyl groups excluding tert-OH is 1. The number of hydrogen-bond donors (Lipinski definition) is 2. The van der Waals surface area contributed by atoms with Gasteiger partial charge in [0.25, 0.3) is 0 Å². The molecule has 9 heteroatoms. The lowest BCUT2D eigenvalue weighted by Crippen LogP contribution is -2.45. The molecule has 0 radical (unpaired) electrons.